The van der Waals surface area contributed by atoms with Gasteiger partial charge in [-0.1, -0.05) is 35.9 Å². The Morgan fingerprint density at radius 1 is 1.43 bits per heavy atom. The highest BCUT2D eigenvalue weighted by Crippen LogP contribution is 1.92. The highest BCUT2D eigenvalue weighted by atomic mass is 13.8. The van der Waals surface area contributed by atoms with Crippen molar-refractivity contribution in [1.82, 2.24) is 0 Å². The fourth-order valence-corrected chi connectivity index (χ4v) is 0.470. The van der Waals surface area contributed by atoms with E-state index in [4.69, 9.17) is 1.37 Å². The molecule has 0 atom stereocenters. The van der Waals surface area contributed by atoms with Gasteiger partial charge in [-0.2, -0.15) is 0 Å². The number of aryl methyl sites for hydroxylation is 1. The first-order valence-corrected chi connectivity index (χ1v) is 2.32. The van der Waals surface area contributed by atoms with E-state index in [1.807, 2.05) is 19.1 Å². The first-order chi connectivity index (χ1) is 3.79. The Morgan fingerprint density at radius 3 is 2.43 bits per heavy atom. The van der Waals surface area contributed by atoms with E-state index >= 15 is 0 Å². The van der Waals surface area contributed by atoms with Gasteiger partial charge in [0.25, 0.3) is 0 Å². The summed E-state index contributed by atoms with van der Waals surface area (Å²) in [4.78, 5) is 0. The predicted octanol–water partition coefficient (Wildman–Crippen LogP) is 2.00. The Hall–Kier alpha value is -0.780. The molecule has 0 unspecified atom stereocenters. The van der Waals surface area contributed by atoms with Gasteiger partial charge in [-0.25, -0.2) is 0 Å². The summed E-state index contributed by atoms with van der Waals surface area (Å²) in [6.07, 6.45) is 0. The van der Waals surface area contributed by atoms with Crippen molar-refractivity contribution in [2.75, 3.05) is 0 Å². The molecular weight excluding hydrogens is 84.1 g/mol. The van der Waals surface area contributed by atoms with Crippen LogP contribution in [0.2, 0.25) is 0 Å². The van der Waals surface area contributed by atoms with Crippen molar-refractivity contribution in [3.05, 3.63) is 35.9 Å². The molecule has 0 heterocycles. The van der Waals surface area contributed by atoms with Gasteiger partial charge in [0.2, 0.25) is 0 Å². The van der Waals surface area contributed by atoms with Gasteiger partial charge in [0.15, 0.2) is 0 Å². The van der Waals surface area contributed by atoms with Crippen molar-refractivity contribution >= 4 is 0 Å². The van der Waals surface area contributed by atoms with Crippen LogP contribution >= 0.6 is 0 Å². The topological polar surface area (TPSA) is 0 Å². The second-order valence-corrected chi connectivity index (χ2v) is 1.58. The third kappa shape index (κ3) is 1.04. The van der Waals surface area contributed by atoms with Crippen LogP contribution < -0.4 is 0 Å². The number of hydrogen-bond donors (Lipinski definition) is 0. The van der Waals surface area contributed by atoms with Gasteiger partial charge < -0.3 is 0 Å². The first-order valence-electron chi connectivity index (χ1n) is 2.82. The highest BCUT2D eigenvalue weighted by Gasteiger charge is 1.72. The van der Waals surface area contributed by atoms with Crippen LogP contribution in [0.25, 0.3) is 0 Å². The largest absolute Gasteiger partial charge is 0.0623 e. The maximum absolute atomic E-state index is 7.09. The van der Waals surface area contributed by atoms with E-state index < -0.39 is 0 Å². The summed E-state index contributed by atoms with van der Waals surface area (Å²) in [5.41, 5.74) is 1.21. The lowest BCUT2D eigenvalue weighted by molar-refractivity contribution is 1.48. The number of benzene rings is 1. The van der Waals surface area contributed by atoms with Crippen LogP contribution in [-0.4, -0.2) is 0 Å². The number of rotatable bonds is 0. The molecule has 0 bridgehead atoms. The molecule has 0 aliphatic rings. The molecule has 0 heteroatoms. The molecule has 0 saturated carbocycles. The zero-order valence-electron chi connectivity index (χ0n) is 5.31. The molecule has 0 saturated heterocycles. The molecule has 0 spiro atoms. The minimum absolute atomic E-state index is 0.579. The minimum Gasteiger partial charge on any atom is -0.0622 e. The van der Waals surface area contributed by atoms with Crippen molar-refractivity contribution in [1.29, 1.82) is 0 Å². The Bertz CT molecular complexity index is 143. The Morgan fingerprint density at radius 2 is 2.00 bits per heavy atom. The smallest absolute Gasteiger partial charge is 0.0622 e. The SMILES string of the molecule is [2H]c1ccc(C)cc1. The lowest BCUT2D eigenvalue weighted by Gasteiger charge is -1.82. The molecule has 0 nitrogen and oxygen atoms in total. The Balaban J connectivity index is 3.03. The van der Waals surface area contributed by atoms with E-state index in [0.717, 1.165) is 0 Å². The molecule has 36 valence electrons. The molecule has 0 aliphatic carbocycles. The summed E-state index contributed by atoms with van der Waals surface area (Å²) >= 11 is 0. The molecule has 0 fully saturated rings. The maximum atomic E-state index is 7.09. The highest BCUT2D eigenvalue weighted by molar-refractivity contribution is 5.11. The second-order valence-electron chi connectivity index (χ2n) is 1.58. The zero-order valence-corrected chi connectivity index (χ0v) is 4.31. The average molecular weight is 93.1 g/mol. The number of hydrogen-bond acceptors (Lipinski definition) is 0. The fourth-order valence-electron chi connectivity index (χ4n) is 0.470. The van der Waals surface area contributed by atoms with E-state index in [2.05, 4.69) is 0 Å². The zero-order chi connectivity index (χ0) is 5.98. The minimum atomic E-state index is 0.579. The van der Waals surface area contributed by atoms with Crippen molar-refractivity contribution in [2.24, 2.45) is 0 Å². The molecule has 0 aliphatic heterocycles. The Labute approximate surface area is 45.2 Å². The van der Waals surface area contributed by atoms with E-state index in [0.29, 0.717) is 6.04 Å². The second kappa shape index (κ2) is 1.78. The van der Waals surface area contributed by atoms with Gasteiger partial charge in [-0.15, -0.1) is 0 Å². The van der Waals surface area contributed by atoms with Crippen molar-refractivity contribution in [2.45, 2.75) is 6.92 Å². The molecule has 1 rings (SSSR count). The van der Waals surface area contributed by atoms with Gasteiger partial charge >= 0.3 is 0 Å². The maximum Gasteiger partial charge on any atom is 0.0623 e. The molecule has 0 aromatic heterocycles. The van der Waals surface area contributed by atoms with Crippen LogP contribution in [-0.2, 0) is 0 Å². The summed E-state index contributed by atoms with van der Waals surface area (Å²) < 4.78 is 7.09. The molecule has 1 aromatic carbocycles. The van der Waals surface area contributed by atoms with Crippen LogP contribution in [0.1, 0.15) is 6.93 Å². The van der Waals surface area contributed by atoms with Gasteiger partial charge in [0.1, 0.15) is 0 Å². The molecule has 0 radical (unpaired) electrons. The summed E-state index contributed by atoms with van der Waals surface area (Å²) in [6, 6.07) is 8.02. The molecule has 1 aromatic rings. The lowest BCUT2D eigenvalue weighted by Crippen LogP contribution is -1.62. The molecule has 0 N–H and O–H groups in total. The summed E-state index contributed by atoms with van der Waals surface area (Å²) in [7, 11) is 0. The molecular formula is C7H8. The summed E-state index contributed by atoms with van der Waals surface area (Å²) in [5.74, 6) is 0. The standard InChI is InChI=1S/C7H8/c1-7-5-3-2-4-6-7/h2-6H,1H3/i2D. The molecule has 7 heavy (non-hydrogen) atoms. The summed E-state index contributed by atoms with van der Waals surface area (Å²) in [5, 5.41) is 0. The van der Waals surface area contributed by atoms with Crippen LogP contribution in [0.3, 0.4) is 0 Å². The average Bonchev–Trinajstić information content (AvgIpc) is 1.77. The van der Waals surface area contributed by atoms with Crippen LogP contribution in [0.5, 0.6) is 0 Å². The third-order valence-electron chi connectivity index (χ3n) is 0.885. The normalized spacial score (nSPS) is 10.7. The van der Waals surface area contributed by atoms with Crippen LogP contribution in [0.4, 0.5) is 0 Å². The summed E-state index contributed by atoms with van der Waals surface area (Å²) in [6.45, 7) is 2.01. The first kappa shape index (κ1) is 3.25. The Kier molecular flexibility index (Phi) is 0.828. The van der Waals surface area contributed by atoms with Gasteiger partial charge in [0.05, 0.1) is 1.37 Å². The van der Waals surface area contributed by atoms with E-state index in [1.165, 1.54) is 5.56 Å². The molecule has 0 amide bonds. The van der Waals surface area contributed by atoms with Gasteiger partial charge in [-0.3, -0.25) is 0 Å². The lowest BCUT2D eigenvalue weighted by atomic mass is 10.2. The van der Waals surface area contributed by atoms with Gasteiger partial charge in [0, 0.05) is 0 Å². The van der Waals surface area contributed by atoms with E-state index in [1.54, 1.807) is 12.1 Å². The van der Waals surface area contributed by atoms with Crippen LogP contribution in [0, 0.1) is 6.92 Å². The van der Waals surface area contributed by atoms with Crippen LogP contribution in [0.15, 0.2) is 30.3 Å². The van der Waals surface area contributed by atoms with Crippen molar-refractivity contribution in [3.63, 3.8) is 0 Å². The fraction of sp³-hybridized carbons (Fsp3) is 0.143. The monoisotopic (exact) mass is 93.1 g/mol. The predicted molar refractivity (Wildman–Crippen MR) is 31.2 cm³/mol. The quantitative estimate of drug-likeness (QED) is 0.460. The van der Waals surface area contributed by atoms with E-state index in [9.17, 15) is 0 Å². The third-order valence-corrected chi connectivity index (χ3v) is 0.885. The van der Waals surface area contributed by atoms with Crippen molar-refractivity contribution in [3.8, 4) is 0 Å². The van der Waals surface area contributed by atoms with Gasteiger partial charge in [-0.05, 0) is 6.92 Å². The van der Waals surface area contributed by atoms with Crippen molar-refractivity contribution < 1.29 is 1.37 Å². The van der Waals surface area contributed by atoms with E-state index in [-0.39, 0.29) is 0 Å².